The van der Waals surface area contributed by atoms with Crippen LogP contribution >= 0.6 is 0 Å². The van der Waals surface area contributed by atoms with Crippen molar-refractivity contribution in [3.63, 3.8) is 0 Å². The summed E-state index contributed by atoms with van der Waals surface area (Å²) in [5.74, 6) is -0.265. The number of rotatable bonds is 9. The average molecular weight is 558 g/mol. The molecule has 6 rings (SSSR count). The van der Waals surface area contributed by atoms with Crippen molar-refractivity contribution in [1.82, 2.24) is 9.47 Å². The third-order valence-electron chi connectivity index (χ3n) is 7.47. The molecule has 0 aliphatic heterocycles. The molecule has 208 valence electrons. The summed E-state index contributed by atoms with van der Waals surface area (Å²) in [6, 6.07) is 32.7. The van der Waals surface area contributed by atoms with E-state index >= 15 is 0 Å². The van der Waals surface area contributed by atoms with Crippen LogP contribution in [0.1, 0.15) is 35.7 Å². The van der Waals surface area contributed by atoms with Gasteiger partial charge in [-0.15, -0.1) is 0 Å². The van der Waals surface area contributed by atoms with E-state index in [2.05, 4.69) is 6.07 Å². The number of fused-ring (bicyclic) bond motifs is 1. The molecule has 1 fully saturated rings. The highest BCUT2D eigenvalue weighted by Crippen LogP contribution is 2.39. The maximum Gasteiger partial charge on any atom is 0.261 e. The number of carbonyl (C=O) groups is 1. The Balaban J connectivity index is 1.34. The van der Waals surface area contributed by atoms with Gasteiger partial charge in [0.15, 0.2) is 6.61 Å². The molecule has 0 radical (unpaired) electrons. The molecule has 1 aromatic heterocycles. The maximum atomic E-state index is 14.3. The van der Waals surface area contributed by atoms with Crippen LogP contribution < -0.4 is 10.3 Å². The molecular formula is C35H28FN3O3. The summed E-state index contributed by atoms with van der Waals surface area (Å²) in [6.45, 7) is 0.627. The number of nitrogens with zero attached hydrogens (tertiary/aromatic N) is 3. The van der Waals surface area contributed by atoms with Crippen LogP contribution in [0.3, 0.4) is 0 Å². The Hall–Kier alpha value is -5.22. The lowest BCUT2D eigenvalue weighted by atomic mass is 9.96. The van der Waals surface area contributed by atoms with Crippen LogP contribution in [-0.2, 0) is 17.9 Å². The fourth-order valence-corrected chi connectivity index (χ4v) is 5.29. The first kappa shape index (κ1) is 27.0. The Bertz CT molecular complexity index is 1820. The minimum Gasteiger partial charge on any atom is -0.484 e. The minimum atomic E-state index is -0.441. The highest BCUT2D eigenvalue weighted by molar-refractivity contribution is 5.99. The predicted octanol–water partition coefficient (Wildman–Crippen LogP) is 6.62. The van der Waals surface area contributed by atoms with Gasteiger partial charge in [-0.25, -0.2) is 4.39 Å². The summed E-state index contributed by atoms with van der Waals surface area (Å²) < 4.78 is 21.8. The molecule has 1 heterocycles. The number of ether oxygens (including phenoxy) is 1. The number of hydrogen-bond acceptors (Lipinski definition) is 4. The van der Waals surface area contributed by atoms with Gasteiger partial charge in [0.1, 0.15) is 23.3 Å². The lowest BCUT2D eigenvalue weighted by Crippen LogP contribution is -2.34. The summed E-state index contributed by atoms with van der Waals surface area (Å²) in [6.07, 6.45) is 1.63. The van der Waals surface area contributed by atoms with Crippen molar-refractivity contribution >= 4 is 16.7 Å². The van der Waals surface area contributed by atoms with Gasteiger partial charge in [-0.05, 0) is 59.9 Å². The van der Waals surface area contributed by atoms with Crippen LogP contribution in [0, 0.1) is 17.1 Å². The van der Waals surface area contributed by atoms with Crippen molar-refractivity contribution in [3.05, 3.63) is 136 Å². The lowest BCUT2D eigenvalue weighted by molar-refractivity contribution is -0.134. The Kier molecular flexibility index (Phi) is 7.52. The van der Waals surface area contributed by atoms with Gasteiger partial charge < -0.3 is 9.64 Å². The van der Waals surface area contributed by atoms with Crippen LogP contribution in [0.4, 0.5) is 4.39 Å². The quantitative estimate of drug-likeness (QED) is 0.204. The minimum absolute atomic E-state index is 0.0439. The van der Waals surface area contributed by atoms with Crippen LogP contribution in [0.25, 0.3) is 21.9 Å². The zero-order chi connectivity index (χ0) is 29.1. The lowest BCUT2D eigenvalue weighted by Gasteiger charge is -2.23. The molecule has 5 aromatic rings. The summed E-state index contributed by atoms with van der Waals surface area (Å²) >= 11 is 0. The summed E-state index contributed by atoms with van der Waals surface area (Å²) in [5.41, 5.74) is 2.92. The molecule has 0 spiro atoms. The SMILES string of the molecule is N#Cc1c(-c2cccc(F)c2)c2cc(OCC(=O)N(Cc3ccccc3)Cc3ccccc3)ccc2c(=O)n1C1CC1. The van der Waals surface area contributed by atoms with E-state index in [1.54, 1.807) is 35.2 Å². The number of hydrogen-bond donors (Lipinski definition) is 0. The summed E-state index contributed by atoms with van der Waals surface area (Å²) in [5, 5.41) is 11.0. The fraction of sp³-hybridized carbons (Fsp3) is 0.171. The van der Waals surface area contributed by atoms with Gasteiger partial charge in [-0.2, -0.15) is 5.26 Å². The smallest absolute Gasteiger partial charge is 0.261 e. The number of aromatic nitrogens is 1. The molecule has 42 heavy (non-hydrogen) atoms. The molecule has 1 aliphatic carbocycles. The van der Waals surface area contributed by atoms with Crippen molar-refractivity contribution in [2.45, 2.75) is 32.0 Å². The Morgan fingerprint density at radius 1 is 0.881 bits per heavy atom. The largest absolute Gasteiger partial charge is 0.484 e. The first-order chi connectivity index (χ1) is 20.5. The zero-order valence-corrected chi connectivity index (χ0v) is 22.9. The van der Waals surface area contributed by atoms with Crippen molar-refractivity contribution in [2.75, 3.05) is 6.61 Å². The molecule has 0 saturated heterocycles. The Morgan fingerprint density at radius 2 is 1.55 bits per heavy atom. The van der Waals surface area contributed by atoms with Gasteiger partial charge in [0.25, 0.3) is 11.5 Å². The van der Waals surface area contributed by atoms with Crippen LogP contribution in [0.15, 0.2) is 108 Å². The number of halogens is 1. The standard InChI is InChI=1S/C35H28FN3O3/c36-27-13-7-12-26(18-27)34-31-19-29(16-17-30(31)35(41)39(28-14-15-28)32(34)20-37)42-23-33(40)38(21-24-8-3-1-4-9-24)22-25-10-5-2-6-11-25/h1-13,16-19,28H,14-15,21-23H2. The van der Waals surface area contributed by atoms with Crippen molar-refractivity contribution < 1.29 is 13.9 Å². The van der Waals surface area contributed by atoms with Gasteiger partial charge in [-0.1, -0.05) is 72.8 Å². The molecule has 0 atom stereocenters. The monoisotopic (exact) mass is 557 g/mol. The van der Waals surface area contributed by atoms with Crippen LogP contribution in [-0.4, -0.2) is 22.0 Å². The molecule has 4 aromatic carbocycles. The van der Waals surface area contributed by atoms with Gasteiger partial charge in [0.2, 0.25) is 0 Å². The third-order valence-corrected chi connectivity index (χ3v) is 7.47. The van der Waals surface area contributed by atoms with Gasteiger partial charge in [0, 0.05) is 35.5 Å². The van der Waals surface area contributed by atoms with E-state index in [4.69, 9.17) is 4.74 Å². The van der Waals surface area contributed by atoms with E-state index in [-0.39, 0.29) is 29.8 Å². The summed E-state index contributed by atoms with van der Waals surface area (Å²) in [7, 11) is 0. The number of nitriles is 1. The van der Waals surface area contributed by atoms with E-state index in [0.29, 0.717) is 40.7 Å². The molecule has 7 heteroatoms. The Labute approximate surface area is 242 Å². The molecular weight excluding hydrogens is 529 g/mol. The first-order valence-corrected chi connectivity index (χ1v) is 13.9. The molecule has 1 aliphatic rings. The zero-order valence-electron chi connectivity index (χ0n) is 22.9. The maximum absolute atomic E-state index is 14.3. The van der Waals surface area contributed by atoms with Crippen LogP contribution in [0.2, 0.25) is 0 Å². The summed E-state index contributed by atoms with van der Waals surface area (Å²) in [4.78, 5) is 28.7. The second-order valence-corrected chi connectivity index (χ2v) is 10.5. The third kappa shape index (κ3) is 5.65. The Morgan fingerprint density at radius 3 is 2.14 bits per heavy atom. The van der Waals surface area contributed by atoms with E-state index in [9.17, 15) is 19.2 Å². The average Bonchev–Trinajstić information content (AvgIpc) is 3.85. The van der Waals surface area contributed by atoms with Gasteiger partial charge >= 0.3 is 0 Å². The topological polar surface area (TPSA) is 75.3 Å². The van der Waals surface area contributed by atoms with E-state index in [1.165, 1.54) is 16.7 Å². The van der Waals surface area contributed by atoms with E-state index in [0.717, 1.165) is 24.0 Å². The van der Waals surface area contributed by atoms with E-state index < -0.39 is 5.82 Å². The molecule has 0 N–H and O–H groups in total. The molecule has 1 saturated carbocycles. The molecule has 1 amide bonds. The first-order valence-electron chi connectivity index (χ1n) is 13.9. The van der Waals surface area contributed by atoms with Gasteiger partial charge in [-0.3, -0.25) is 14.2 Å². The fourth-order valence-electron chi connectivity index (χ4n) is 5.29. The van der Waals surface area contributed by atoms with Crippen molar-refractivity contribution in [2.24, 2.45) is 0 Å². The van der Waals surface area contributed by atoms with Crippen molar-refractivity contribution in [1.29, 1.82) is 5.26 Å². The normalized spacial score (nSPS) is 12.6. The van der Waals surface area contributed by atoms with Crippen molar-refractivity contribution in [3.8, 4) is 22.9 Å². The van der Waals surface area contributed by atoms with Crippen LogP contribution in [0.5, 0.6) is 5.75 Å². The van der Waals surface area contributed by atoms with Gasteiger partial charge in [0.05, 0.1) is 0 Å². The number of pyridine rings is 1. The predicted molar refractivity (Wildman–Crippen MR) is 159 cm³/mol. The number of carbonyl (C=O) groups excluding carboxylic acids is 1. The van der Waals surface area contributed by atoms with E-state index in [1.807, 2.05) is 60.7 Å². The highest BCUT2D eigenvalue weighted by Gasteiger charge is 2.30. The second kappa shape index (κ2) is 11.7. The number of benzene rings is 4. The molecule has 0 unspecified atom stereocenters. The molecule has 6 nitrogen and oxygen atoms in total. The highest BCUT2D eigenvalue weighted by atomic mass is 19.1. The molecule has 0 bridgehead atoms. The second-order valence-electron chi connectivity index (χ2n) is 10.5. The number of amides is 1.